The predicted octanol–water partition coefficient (Wildman–Crippen LogP) is 4.25. The standard InChI is InChI=1S/C14H15ClN2/c1-9-5-4-8-11-12(9)16-14(15)17-13(11)10-6-2-3-7-10/h4-5,8,10H,2-3,6-7H2,1H3. The molecule has 3 heteroatoms. The molecule has 1 fully saturated rings. The molecule has 0 aliphatic heterocycles. The zero-order valence-electron chi connectivity index (χ0n) is 9.91. The average molecular weight is 247 g/mol. The van der Waals surface area contributed by atoms with Crippen LogP contribution in [0.3, 0.4) is 0 Å². The third kappa shape index (κ3) is 1.91. The summed E-state index contributed by atoms with van der Waals surface area (Å²) in [4.78, 5) is 8.84. The summed E-state index contributed by atoms with van der Waals surface area (Å²) in [5.74, 6) is 0.569. The summed E-state index contributed by atoms with van der Waals surface area (Å²) in [5, 5.41) is 1.56. The molecule has 1 aliphatic rings. The Bertz CT molecular complexity index is 559. The molecule has 0 spiro atoms. The van der Waals surface area contributed by atoms with Gasteiger partial charge in [0.05, 0.1) is 11.2 Å². The molecule has 0 atom stereocenters. The van der Waals surface area contributed by atoms with Crippen molar-refractivity contribution in [2.75, 3.05) is 0 Å². The van der Waals surface area contributed by atoms with Crippen molar-refractivity contribution in [3.8, 4) is 0 Å². The SMILES string of the molecule is Cc1cccc2c(C3CCCC3)nc(Cl)nc12. The molecule has 2 nitrogen and oxygen atoms in total. The number of aromatic nitrogens is 2. The lowest BCUT2D eigenvalue weighted by molar-refractivity contribution is 0.702. The molecule has 0 unspecified atom stereocenters. The number of nitrogens with zero attached hydrogens (tertiary/aromatic N) is 2. The molecule has 0 N–H and O–H groups in total. The summed E-state index contributed by atoms with van der Waals surface area (Å²) in [5.41, 5.74) is 3.33. The Kier molecular flexibility index (Phi) is 2.75. The zero-order chi connectivity index (χ0) is 11.8. The van der Waals surface area contributed by atoms with Crippen molar-refractivity contribution in [2.24, 2.45) is 0 Å². The first-order chi connectivity index (χ1) is 8.25. The van der Waals surface area contributed by atoms with Crippen molar-refractivity contribution in [1.29, 1.82) is 0 Å². The molecule has 0 bridgehead atoms. The fraction of sp³-hybridized carbons (Fsp3) is 0.429. The molecule has 3 rings (SSSR count). The van der Waals surface area contributed by atoms with Gasteiger partial charge >= 0.3 is 0 Å². The van der Waals surface area contributed by atoms with Gasteiger partial charge in [-0.05, 0) is 36.9 Å². The van der Waals surface area contributed by atoms with E-state index in [1.165, 1.54) is 36.6 Å². The minimum absolute atomic E-state index is 0.383. The highest BCUT2D eigenvalue weighted by atomic mass is 35.5. The molecule has 1 aromatic carbocycles. The van der Waals surface area contributed by atoms with Gasteiger partial charge in [0, 0.05) is 11.3 Å². The van der Waals surface area contributed by atoms with Crippen molar-refractivity contribution in [3.05, 3.63) is 34.7 Å². The normalized spacial score (nSPS) is 16.8. The van der Waals surface area contributed by atoms with Gasteiger partial charge in [-0.1, -0.05) is 31.0 Å². The van der Waals surface area contributed by atoms with Crippen LogP contribution in [0, 0.1) is 6.92 Å². The van der Waals surface area contributed by atoms with Crippen LogP contribution in [0.15, 0.2) is 18.2 Å². The van der Waals surface area contributed by atoms with Gasteiger partial charge in [0.1, 0.15) is 0 Å². The Morgan fingerprint density at radius 2 is 1.94 bits per heavy atom. The maximum atomic E-state index is 6.05. The van der Waals surface area contributed by atoms with E-state index in [1.54, 1.807) is 0 Å². The molecule has 1 heterocycles. The van der Waals surface area contributed by atoms with Gasteiger partial charge in [-0.2, -0.15) is 0 Å². The minimum Gasteiger partial charge on any atom is -0.222 e. The summed E-state index contributed by atoms with van der Waals surface area (Å²) < 4.78 is 0. The van der Waals surface area contributed by atoms with Crippen LogP contribution < -0.4 is 0 Å². The van der Waals surface area contributed by atoms with Gasteiger partial charge in [-0.15, -0.1) is 0 Å². The highest BCUT2D eigenvalue weighted by molar-refractivity contribution is 6.28. The Hall–Kier alpha value is -1.15. The monoisotopic (exact) mass is 246 g/mol. The van der Waals surface area contributed by atoms with Gasteiger partial charge in [-0.25, -0.2) is 9.97 Å². The lowest BCUT2D eigenvalue weighted by atomic mass is 9.98. The summed E-state index contributed by atoms with van der Waals surface area (Å²) in [6.07, 6.45) is 5.08. The first-order valence-electron chi connectivity index (χ1n) is 6.18. The Morgan fingerprint density at radius 3 is 2.71 bits per heavy atom. The van der Waals surface area contributed by atoms with Gasteiger partial charge in [0.15, 0.2) is 0 Å². The van der Waals surface area contributed by atoms with E-state index < -0.39 is 0 Å². The molecule has 0 amide bonds. The van der Waals surface area contributed by atoms with E-state index in [-0.39, 0.29) is 0 Å². The molecular formula is C14H15ClN2. The first kappa shape index (κ1) is 11.0. The van der Waals surface area contributed by atoms with Gasteiger partial charge in [0.2, 0.25) is 5.28 Å². The lowest BCUT2D eigenvalue weighted by Crippen LogP contribution is -2.01. The Labute approximate surface area is 106 Å². The quantitative estimate of drug-likeness (QED) is 0.703. The first-order valence-corrected chi connectivity index (χ1v) is 6.56. The van der Waals surface area contributed by atoms with Crippen LogP contribution in [0.2, 0.25) is 5.28 Å². The van der Waals surface area contributed by atoms with Crippen molar-refractivity contribution in [3.63, 3.8) is 0 Å². The second-order valence-corrected chi connectivity index (χ2v) is 5.17. The fourth-order valence-electron chi connectivity index (χ4n) is 2.80. The van der Waals surface area contributed by atoms with Gasteiger partial charge < -0.3 is 0 Å². The molecule has 1 aliphatic carbocycles. The molecule has 0 radical (unpaired) electrons. The number of halogens is 1. The molecule has 1 saturated carbocycles. The summed E-state index contributed by atoms with van der Waals surface area (Å²) >= 11 is 6.05. The smallest absolute Gasteiger partial charge is 0.222 e. The van der Waals surface area contributed by atoms with E-state index in [1.807, 2.05) is 0 Å². The fourth-order valence-corrected chi connectivity index (χ4v) is 2.98. The highest BCUT2D eigenvalue weighted by Gasteiger charge is 2.21. The molecular weight excluding hydrogens is 232 g/mol. The topological polar surface area (TPSA) is 25.8 Å². The number of hydrogen-bond donors (Lipinski definition) is 0. The summed E-state index contributed by atoms with van der Waals surface area (Å²) in [6.45, 7) is 2.07. The molecule has 88 valence electrons. The third-order valence-electron chi connectivity index (χ3n) is 3.67. The second kappa shape index (κ2) is 4.26. The maximum Gasteiger partial charge on any atom is 0.223 e. The number of aryl methyl sites for hydroxylation is 1. The van der Waals surface area contributed by atoms with Crippen LogP contribution in [0.25, 0.3) is 10.9 Å². The van der Waals surface area contributed by atoms with Gasteiger partial charge in [-0.3, -0.25) is 0 Å². The molecule has 0 saturated heterocycles. The second-order valence-electron chi connectivity index (χ2n) is 4.83. The van der Waals surface area contributed by atoms with Crippen molar-refractivity contribution in [2.45, 2.75) is 38.5 Å². The largest absolute Gasteiger partial charge is 0.223 e. The van der Waals surface area contributed by atoms with Crippen LogP contribution in [-0.4, -0.2) is 9.97 Å². The molecule has 17 heavy (non-hydrogen) atoms. The maximum absolute atomic E-state index is 6.05. The van der Waals surface area contributed by atoms with Crippen LogP contribution in [0.1, 0.15) is 42.9 Å². The molecule has 1 aromatic heterocycles. The molecule has 2 aromatic rings. The number of benzene rings is 1. The number of rotatable bonds is 1. The summed E-state index contributed by atoms with van der Waals surface area (Å²) in [6, 6.07) is 6.27. The van der Waals surface area contributed by atoms with Gasteiger partial charge in [0.25, 0.3) is 0 Å². The minimum atomic E-state index is 0.383. The number of hydrogen-bond acceptors (Lipinski definition) is 2. The van der Waals surface area contributed by atoms with Crippen LogP contribution in [0.5, 0.6) is 0 Å². The third-order valence-corrected chi connectivity index (χ3v) is 3.84. The number of fused-ring (bicyclic) bond motifs is 1. The van der Waals surface area contributed by atoms with Crippen LogP contribution >= 0.6 is 11.6 Å². The van der Waals surface area contributed by atoms with E-state index in [2.05, 4.69) is 35.1 Å². The zero-order valence-corrected chi connectivity index (χ0v) is 10.7. The van der Waals surface area contributed by atoms with Crippen molar-refractivity contribution < 1.29 is 0 Å². The Balaban J connectivity index is 2.25. The van der Waals surface area contributed by atoms with E-state index in [9.17, 15) is 0 Å². The van der Waals surface area contributed by atoms with E-state index in [0.717, 1.165) is 11.2 Å². The highest BCUT2D eigenvalue weighted by Crippen LogP contribution is 2.37. The van der Waals surface area contributed by atoms with Crippen molar-refractivity contribution >= 4 is 22.5 Å². The van der Waals surface area contributed by atoms with E-state index in [4.69, 9.17) is 11.6 Å². The van der Waals surface area contributed by atoms with Crippen LogP contribution in [-0.2, 0) is 0 Å². The van der Waals surface area contributed by atoms with Crippen molar-refractivity contribution in [1.82, 2.24) is 9.97 Å². The lowest BCUT2D eigenvalue weighted by Gasteiger charge is -2.12. The van der Waals surface area contributed by atoms with Crippen LogP contribution in [0.4, 0.5) is 0 Å². The van der Waals surface area contributed by atoms with E-state index >= 15 is 0 Å². The summed E-state index contributed by atoms with van der Waals surface area (Å²) in [7, 11) is 0. The Morgan fingerprint density at radius 1 is 1.18 bits per heavy atom. The predicted molar refractivity (Wildman–Crippen MR) is 70.5 cm³/mol. The van der Waals surface area contributed by atoms with E-state index in [0.29, 0.717) is 11.2 Å². The average Bonchev–Trinajstić information content (AvgIpc) is 2.83. The number of para-hydroxylation sites is 1.